The Morgan fingerprint density at radius 1 is 0.667 bits per heavy atom. The minimum atomic E-state index is -1.55. The van der Waals surface area contributed by atoms with Crippen LogP contribution >= 0.6 is 0 Å². The third-order valence-corrected chi connectivity index (χ3v) is 7.96. The highest BCUT2D eigenvalue weighted by Crippen LogP contribution is 2.54. The van der Waals surface area contributed by atoms with Gasteiger partial charge in [0.05, 0.1) is 12.5 Å². The lowest BCUT2D eigenvalue weighted by Gasteiger charge is -2.39. The first-order valence-corrected chi connectivity index (χ1v) is 14.2. The van der Waals surface area contributed by atoms with Gasteiger partial charge in [0, 0.05) is 11.6 Å². The maximum atomic E-state index is 11.2. The lowest BCUT2D eigenvalue weighted by molar-refractivity contribution is -0.277. The third-order valence-electron chi connectivity index (χ3n) is 7.96. The van der Waals surface area contributed by atoms with Gasteiger partial charge < -0.3 is 55.1 Å². The van der Waals surface area contributed by atoms with E-state index >= 15 is 0 Å². The Hall–Kier alpha value is -4.78. The fourth-order valence-corrected chi connectivity index (χ4v) is 5.71. The predicted molar refractivity (Wildman–Crippen MR) is 161 cm³/mol. The van der Waals surface area contributed by atoms with Crippen molar-refractivity contribution in [2.24, 2.45) is 0 Å². The van der Waals surface area contributed by atoms with Crippen LogP contribution in [-0.4, -0.2) is 78.2 Å². The molecular weight excluding hydrogens is 584 g/mol. The summed E-state index contributed by atoms with van der Waals surface area (Å²) in [6.45, 7) is -0.560. The molecule has 2 aliphatic rings. The molecule has 2 heterocycles. The Morgan fingerprint density at radius 3 is 2.00 bits per heavy atom. The highest BCUT2D eigenvalue weighted by atomic mass is 16.7. The molecule has 7 atom stereocenters. The molecule has 11 nitrogen and oxygen atoms in total. The van der Waals surface area contributed by atoms with Crippen molar-refractivity contribution in [3.63, 3.8) is 0 Å². The normalized spacial score (nSPS) is 26.0. The van der Waals surface area contributed by atoms with Crippen LogP contribution in [-0.2, 0) is 4.74 Å². The molecule has 234 valence electrons. The molecule has 0 unspecified atom stereocenters. The standard InChI is InChI=1S/C34H32O11/c35-16-27-30(40)31(41)32(42)34(45-27)43-24-9-3-17(4-10-24)1-2-18-11-25(39)29-26(12-18)44-33(19-5-7-21(36)8-6-19)28(29)20-13-22(37)15-23(38)14-20/h1-15,27-28,30-42H,16H2/t27-,28+,30-,31+,32-,33-,34-/m1/s1. The number of hydrogen-bond donors (Lipinski definition) is 8. The van der Waals surface area contributed by atoms with Gasteiger partial charge in [0.15, 0.2) is 0 Å². The van der Waals surface area contributed by atoms with Crippen LogP contribution in [0.15, 0.2) is 78.9 Å². The monoisotopic (exact) mass is 616 g/mol. The van der Waals surface area contributed by atoms with Crippen LogP contribution in [0.1, 0.15) is 39.8 Å². The molecule has 0 aliphatic carbocycles. The minimum Gasteiger partial charge on any atom is -0.508 e. The molecule has 0 amide bonds. The number of benzene rings is 4. The number of phenolic OH excluding ortho intramolecular Hbond substituents is 4. The van der Waals surface area contributed by atoms with Crippen LogP contribution in [0.5, 0.6) is 34.5 Å². The topological polar surface area (TPSA) is 190 Å². The fourth-order valence-electron chi connectivity index (χ4n) is 5.71. The highest BCUT2D eigenvalue weighted by molar-refractivity contribution is 5.73. The summed E-state index contributed by atoms with van der Waals surface area (Å²) in [7, 11) is 0. The molecule has 0 spiro atoms. The van der Waals surface area contributed by atoms with Crippen LogP contribution in [0.2, 0.25) is 0 Å². The van der Waals surface area contributed by atoms with E-state index in [1.54, 1.807) is 60.7 Å². The number of aliphatic hydroxyl groups excluding tert-OH is 4. The first-order chi connectivity index (χ1) is 21.6. The highest BCUT2D eigenvalue weighted by Gasteiger charge is 2.45. The molecule has 4 aromatic rings. The fraction of sp³-hybridized carbons (Fsp3) is 0.235. The second-order valence-electron chi connectivity index (χ2n) is 11.1. The SMILES string of the molecule is OC[C@H]1O[C@@H](Oc2ccc(C=Cc3cc(O)c4c(c3)O[C@H](c3ccc(O)cc3)[C@H]4c3cc(O)cc(O)c3)cc2)[C@H](O)[C@@H](O)[C@@H]1O. The molecule has 1 saturated heterocycles. The first kappa shape index (κ1) is 30.3. The van der Waals surface area contributed by atoms with E-state index in [-0.39, 0.29) is 23.0 Å². The van der Waals surface area contributed by atoms with Crippen LogP contribution in [0, 0.1) is 0 Å². The van der Waals surface area contributed by atoms with Gasteiger partial charge in [-0.1, -0.05) is 36.4 Å². The van der Waals surface area contributed by atoms with Crippen molar-refractivity contribution in [2.75, 3.05) is 6.61 Å². The summed E-state index contributed by atoms with van der Waals surface area (Å²) in [6.07, 6.45) is -3.97. The van der Waals surface area contributed by atoms with Crippen molar-refractivity contribution in [1.82, 2.24) is 0 Å². The summed E-state index contributed by atoms with van der Waals surface area (Å²) in [4.78, 5) is 0. The molecule has 0 saturated carbocycles. The van der Waals surface area contributed by atoms with Crippen molar-refractivity contribution in [3.05, 3.63) is 107 Å². The quantitative estimate of drug-likeness (QED) is 0.142. The molecule has 45 heavy (non-hydrogen) atoms. The maximum absolute atomic E-state index is 11.2. The largest absolute Gasteiger partial charge is 0.508 e. The smallest absolute Gasteiger partial charge is 0.229 e. The zero-order valence-corrected chi connectivity index (χ0v) is 23.7. The van der Waals surface area contributed by atoms with Gasteiger partial charge in [0.2, 0.25) is 6.29 Å². The molecule has 0 bridgehead atoms. The van der Waals surface area contributed by atoms with Crippen molar-refractivity contribution in [1.29, 1.82) is 0 Å². The molecule has 0 aromatic heterocycles. The predicted octanol–water partition coefficient (Wildman–Crippen LogP) is 3.12. The number of ether oxygens (including phenoxy) is 3. The van der Waals surface area contributed by atoms with Gasteiger partial charge in [-0.3, -0.25) is 0 Å². The third kappa shape index (κ3) is 6.12. The van der Waals surface area contributed by atoms with Gasteiger partial charge in [0.1, 0.15) is 65.0 Å². The first-order valence-electron chi connectivity index (χ1n) is 14.2. The summed E-state index contributed by atoms with van der Waals surface area (Å²) in [5.74, 6) is -0.0442. The van der Waals surface area contributed by atoms with E-state index in [1.807, 2.05) is 0 Å². The Balaban J connectivity index is 1.23. The van der Waals surface area contributed by atoms with E-state index < -0.39 is 49.3 Å². The lowest BCUT2D eigenvalue weighted by Crippen LogP contribution is -2.60. The van der Waals surface area contributed by atoms with Crippen molar-refractivity contribution < 1.29 is 55.1 Å². The minimum absolute atomic E-state index is 0.0375. The Kier molecular flexibility index (Phi) is 8.28. The van der Waals surface area contributed by atoms with Crippen molar-refractivity contribution in [2.45, 2.75) is 42.7 Å². The van der Waals surface area contributed by atoms with E-state index in [0.717, 1.165) is 11.1 Å². The molecular formula is C34H32O11. The van der Waals surface area contributed by atoms with Gasteiger partial charge in [-0.15, -0.1) is 0 Å². The zero-order valence-electron chi connectivity index (χ0n) is 23.7. The second kappa shape index (κ2) is 12.3. The zero-order chi connectivity index (χ0) is 31.8. The van der Waals surface area contributed by atoms with Crippen LogP contribution in [0.25, 0.3) is 12.2 Å². The van der Waals surface area contributed by atoms with Gasteiger partial charge in [-0.2, -0.15) is 0 Å². The molecule has 2 aliphatic heterocycles. The Bertz CT molecular complexity index is 1660. The van der Waals surface area contributed by atoms with Gasteiger partial charge in [0.25, 0.3) is 0 Å². The number of aromatic hydroxyl groups is 4. The Morgan fingerprint density at radius 2 is 1.33 bits per heavy atom. The van der Waals surface area contributed by atoms with Crippen LogP contribution < -0.4 is 9.47 Å². The van der Waals surface area contributed by atoms with Crippen LogP contribution in [0.3, 0.4) is 0 Å². The number of aliphatic hydroxyl groups is 4. The van der Waals surface area contributed by atoms with Crippen molar-refractivity contribution in [3.8, 4) is 34.5 Å². The molecule has 11 heteroatoms. The molecule has 8 N–H and O–H groups in total. The van der Waals surface area contributed by atoms with E-state index in [0.29, 0.717) is 28.2 Å². The van der Waals surface area contributed by atoms with Gasteiger partial charge >= 0.3 is 0 Å². The summed E-state index contributed by atoms with van der Waals surface area (Å²) >= 11 is 0. The molecule has 6 rings (SSSR count). The van der Waals surface area contributed by atoms with Gasteiger partial charge in [-0.05, 0) is 70.8 Å². The van der Waals surface area contributed by atoms with E-state index in [2.05, 4.69) is 0 Å². The van der Waals surface area contributed by atoms with Gasteiger partial charge in [-0.25, -0.2) is 0 Å². The van der Waals surface area contributed by atoms with Crippen LogP contribution in [0.4, 0.5) is 0 Å². The van der Waals surface area contributed by atoms with E-state index in [1.165, 1.54) is 30.3 Å². The summed E-state index contributed by atoms with van der Waals surface area (Å²) in [5, 5.41) is 80.9. The number of hydrogen-bond acceptors (Lipinski definition) is 11. The number of rotatable bonds is 7. The van der Waals surface area contributed by atoms with E-state index in [4.69, 9.17) is 14.2 Å². The number of phenols is 4. The number of fused-ring (bicyclic) bond motifs is 1. The van der Waals surface area contributed by atoms with Crippen molar-refractivity contribution >= 4 is 12.2 Å². The van der Waals surface area contributed by atoms with E-state index in [9.17, 15) is 40.9 Å². The molecule has 0 radical (unpaired) electrons. The average molecular weight is 617 g/mol. The molecule has 4 aromatic carbocycles. The average Bonchev–Trinajstić information content (AvgIpc) is 3.41. The second-order valence-corrected chi connectivity index (χ2v) is 11.1. The maximum Gasteiger partial charge on any atom is 0.229 e. The summed E-state index contributed by atoms with van der Waals surface area (Å²) in [6, 6.07) is 20.8. The lowest BCUT2D eigenvalue weighted by atomic mass is 9.84. The summed E-state index contributed by atoms with van der Waals surface area (Å²) in [5.41, 5.74) is 3.15. The molecule has 1 fully saturated rings. The summed E-state index contributed by atoms with van der Waals surface area (Å²) < 4.78 is 17.4. The Labute approximate surface area is 257 Å².